The summed E-state index contributed by atoms with van der Waals surface area (Å²) in [6.07, 6.45) is 11.8. The second kappa shape index (κ2) is 5.85. The van der Waals surface area contributed by atoms with Gasteiger partial charge in [-0.25, -0.2) is 0 Å². The molecule has 0 spiro atoms. The number of aliphatic carboxylic acids is 1. The van der Waals surface area contributed by atoms with Crippen molar-refractivity contribution in [1.29, 1.82) is 0 Å². The van der Waals surface area contributed by atoms with E-state index in [2.05, 4.69) is 19.9 Å². The van der Waals surface area contributed by atoms with Crippen molar-refractivity contribution in [2.75, 3.05) is 0 Å². The van der Waals surface area contributed by atoms with E-state index in [0.29, 0.717) is 5.92 Å². The maximum atomic E-state index is 12.0. The van der Waals surface area contributed by atoms with E-state index in [0.717, 1.165) is 38.5 Å². The summed E-state index contributed by atoms with van der Waals surface area (Å²) in [4.78, 5) is 12.0. The molecule has 1 saturated carbocycles. The molecule has 2 aliphatic carbocycles. The van der Waals surface area contributed by atoms with Gasteiger partial charge in [-0.1, -0.05) is 25.0 Å². The fourth-order valence-electron chi connectivity index (χ4n) is 5.38. The molecule has 2 aliphatic rings. The lowest BCUT2D eigenvalue weighted by Gasteiger charge is -2.56. The van der Waals surface area contributed by atoms with Crippen LogP contribution in [0.25, 0.3) is 0 Å². The van der Waals surface area contributed by atoms with Crippen molar-refractivity contribution in [2.45, 2.75) is 59.3 Å². The van der Waals surface area contributed by atoms with E-state index in [1.165, 1.54) is 11.1 Å². The van der Waals surface area contributed by atoms with Gasteiger partial charge in [0.05, 0.1) is 17.9 Å². The normalized spacial score (nSPS) is 37.1. The van der Waals surface area contributed by atoms with Gasteiger partial charge in [-0.2, -0.15) is 0 Å². The van der Waals surface area contributed by atoms with Crippen LogP contribution >= 0.6 is 0 Å². The van der Waals surface area contributed by atoms with Gasteiger partial charge in [-0.05, 0) is 74.8 Å². The number of fused-ring (bicyclic) bond motifs is 1. The van der Waals surface area contributed by atoms with E-state index >= 15 is 0 Å². The zero-order chi connectivity index (χ0) is 16.7. The van der Waals surface area contributed by atoms with Crippen molar-refractivity contribution in [2.24, 2.45) is 22.7 Å². The molecule has 0 bridgehead atoms. The van der Waals surface area contributed by atoms with Crippen LogP contribution in [0.15, 0.2) is 34.7 Å². The van der Waals surface area contributed by atoms with Gasteiger partial charge in [0.15, 0.2) is 0 Å². The van der Waals surface area contributed by atoms with Crippen LogP contribution in [0.4, 0.5) is 0 Å². The Morgan fingerprint density at radius 1 is 1.39 bits per heavy atom. The molecule has 1 aromatic rings. The van der Waals surface area contributed by atoms with E-state index in [1.54, 1.807) is 6.26 Å². The van der Waals surface area contributed by atoms with Gasteiger partial charge in [0.2, 0.25) is 0 Å². The number of rotatable bonds is 4. The Hall–Kier alpha value is -1.51. The van der Waals surface area contributed by atoms with Crippen LogP contribution < -0.4 is 0 Å². The van der Waals surface area contributed by atoms with E-state index in [9.17, 15) is 9.90 Å². The minimum atomic E-state index is -0.616. The number of carbonyl (C=O) groups is 1. The van der Waals surface area contributed by atoms with E-state index in [1.807, 2.05) is 19.3 Å². The van der Waals surface area contributed by atoms with E-state index < -0.39 is 11.4 Å². The minimum absolute atomic E-state index is 0.0912. The molecule has 1 N–H and O–H groups in total. The standard InChI is InChI=1S/C20H28O3/c1-14-5-8-17-19(2,10-4-11-20(17,3)18(21)22)16(14)7-6-15-9-12-23-13-15/h5,9,12-13,16-17H,4,6-8,10-11H2,1-3H3,(H,21,22)/t16-,17+,19+,20-/m0/s1. The molecule has 0 aromatic carbocycles. The molecule has 126 valence electrons. The highest BCUT2D eigenvalue weighted by Gasteiger charge is 2.56. The average molecular weight is 316 g/mol. The molecular formula is C20H28O3. The highest BCUT2D eigenvalue weighted by molar-refractivity contribution is 5.75. The Morgan fingerprint density at radius 3 is 2.83 bits per heavy atom. The van der Waals surface area contributed by atoms with Crippen molar-refractivity contribution in [3.05, 3.63) is 35.8 Å². The van der Waals surface area contributed by atoms with Gasteiger partial charge in [-0.15, -0.1) is 0 Å². The Kier molecular flexibility index (Phi) is 4.16. The summed E-state index contributed by atoms with van der Waals surface area (Å²) in [6, 6.07) is 2.03. The summed E-state index contributed by atoms with van der Waals surface area (Å²) >= 11 is 0. The third kappa shape index (κ3) is 2.64. The second-order valence-corrected chi connectivity index (χ2v) is 8.04. The number of hydrogen-bond donors (Lipinski definition) is 1. The van der Waals surface area contributed by atoms with Crippen molar-refractivity contribution in [3.63, 3.8) is 0 Å². The van der Waals surface area contributed by atoms with Crippen molar-refractivity contribution >= 4 is 5.97 Å². The lowest BCUT2D eigenvalue weighted by atomic mass is 9.47. The molecule has 4 atom stereocenters. The molecule has 1 heterocycles. The monoisotopic (exact) mass is 316 g/mol. The molecule has 1 fully saturated rings. The summed E-state index contributed by atoms with van der Waals surface area (Å²) in [7, 11) is 0. The lowest BCUT2D eigenvalue weighted by Crippen LogP contribution is -2.52. The van der Waals surface area contributed by atoms with Crippen molar-refractivity contribution in [3.8, 4) is 0 Å². The zero-order valence-electron chi connectivity index (χ0n) is 14.5. The number of allylic oxidation sites excluding steroid dienone is 2. The fourth-order valence-corrected chi connectivity index (χ4v) is 5.38. The number of aryl methyl sites for hydroxylation is 1. The van der Waals surface area contributed by atoms with Crippen molar-refractivity contribution in [1.82, 2.24) is 0 Å². The fraction of sp³-hybridized carbons (Fsp3) is 0.650. The molecule has 0 aliphatic heterocycles. The van der Waals surface area contributed by atoms with Gasteiger partial charge < -0.3 is 9.52 Å². The van der Waals surface area contributed by atoms with E-state index in [-0.39, 0.29) is 11.3 Å². The Bertz CT molecular complexity index is 600. The molecule has 0 amide bonds. The molecule has 0 radical (unpaired) electrons. The molecule has 0 saturated heterocycles. The SMILES string of the molecule is CC1=CC[C@@H]2[C@](C)(CCC[C@]2(C)C(=O)O)[C@H]1CCc1ccoc1. The first-order valence-corrected chi connectivity index (χ1v) is 8.79. The van der Waals surface area contributed by atoms with Crippen LogP contribution in [0.1, 0.15) is 58.4 Å². The number of furan rings is 1. The third-order valence-electron chi connectivity index (χ3n) is 6.79. The largest absolute Gasteiger partial charge is 0.481 e. The van der Waals surface area contributed by atoms with Crippen LogP contribution in [0.5, 0.6) is 0 Å². The zero-order valence-corrected chi connectivity index (χ0v) is 14.5. The number of carboxylic acid groups (broad SMARTS) is 1. The molecule has 3 nitrogen and oxygen atoms in total. The van der Waals surface area contributed by atoms with Crippen molar-refractivity contribution < 1.29 is 14.3 Å². The molecule has 1 aromatic heterocycles. The number of hydrogen-bond acceptors (Lipinski definition) is 2. The van der Waals surface area contributed by atoms with Crippen LogP contribution in [0.2, 0.25) is 0 Å². The van der Waals surface area contributed by atoms with Gasteiger partial charge in [0.25, 0.3) is 0 Å². The maximum absolute atomic E-state index is 12.0. The topological polar surface area (TPSA) is 50.4 Å². The van der Waals surface area contributed by atoms with Crippen LogP contribution in [0, 0.1) is 22.7 Å². The number of carboxylic acids is 1. The third-order valence-corrected chi connectivity index (χ3v) is 6.79. The average Bonchev–Trinajstić information content (AvgIpc) is 2.99. The predicted molar refractivity (Wildman–Crippen MR) is 90.1 cm³/mol. The van der Waals surface area contributed by atoms with Gasteiger partial charge in [0.1, 0.15) is 0 Å². The van der Waals surface area contributed by atoms with Crippen LogP contribution in [0.3, 0.4) is 0 Å². The molecule has 3 heteroatoms. The minimum Gasteiger partial charge on any atom is -0.481 e. The first-order valence-electron chi connectivity index (χ1n) is 8.79. The first kappa shape index (κ1) is 16.4. The second-order valence-electron chi connectivity index (χ2n) is 8.04. The van der Waals surface area contributed by atoms with Crippen LogP contribution in [-0.4, -0.2) is 11.1 Å². The summed E-state index contributed by atoms with van der Waals surface area (Å²) < 4.78 is 5.19. The maximum Gasteiger partial charge on any atom is 0.309 e. The van der Waals surface area contributed by atoms with Gasteiger partial charge >= 0.3 is 5.97 Å². The Labute approximate surface area is 138 Å². The summed E-state index contributed by atoms with van der Waals surface area (Å²) in [5.41, 5.74) is 2.19. The molecule has 23 heavy (non-hydrogen) atoms. The summed E-state index contributed by atoms with van der Waals surface area (Å²) in [6.45, 7) is 6.54. The highest BCUT2D eigenvalue weighted by atomic mass is 16.4. The molecule has 3 rings (SSSR count). The molecule has 0 unspecified atom stereocenters. The molecular weight excluding hydrogens is 288 g/mol. The first-order chi connectivity index (χ1) is 10.9. The lowest BCUT2D eigenvalue weighted by molar-refractivity contribution is -0.162. The summed E-state index contributed by atoms with van der Waals surface area (Å²) in [5.74, 6) is 0.0874. The van der Waals surface area contributed by atoms with Gasteiger partial charge in [-0.3, -0.25) is 4.79 Å². The predicted octanol–water partition coefficient (Wildman–Crippen LogP) is 5.08. The van der Waals surface area contributed by atoms with E-state index in [4.69, 9.17) is 4.42 Å². The highest BCUT2D eigenvalue weighted by Crippen LogP contribution is 2.60. The van der Waals surface area contributed by atoms with Crippen LogP contribution in [-0.2, 0) is 11.2 Å². The Balaban J connectivity index is 1.88. The summed E-state index contributed by atoms with van der Waals surface area (Å²) in [5, 5.41) is 9.85. The Morgan fingerprint density at radius 2 is 2.17 bits per heavy atom. The quantitative estimate of drug-likeness (QED) is 0.788. The smallest absolute Gasteiger partial charge is 0.309 e. The van der Waals surface area contributed by atoms with Gasteiger partial charge in [0, 0.05) is 0 Å².